The van der Waals surface area contributed by atoms with Gasteiger partial charge in [0.15, 0.2) is 5.96 Å². The maximum atomic E-state index is 5.36. The first-order valence-corrected chi connectivity index (χ1v) is 10.2. The largest absolute Gasteiger partial charge is 0.377 e. The molecule has 1 aromatic carbocycles. The number of aryl methyl sites for hydroxylation is 1. The van der Waals surface area contributed by atoms with Crippen molar-refractivity contribution in [3.63, 3.8) is 0 Å². The molecule has 0 radical (unpaired) electrons. The lowest BCUT2D eigenvalue weighted by Crippen LogP contribution is -2.38. The zero-order valence-electron chi connectivity index (χ0n) is 17.0. The molecule has 154 valence electrons. The second-order valence-corrected chi connectivity index (χ2v) is 6.88. The predicted molar refractivity (Wildman–Crippen MR) is 129 cm³/mol. The van der Waals surface area contributed by atoms with E-state index in [4.69, 9.17) is 9.73 Å². The highest BCUT2D eigenvalue weighted by atomic mass is 127. The number of fused-ring (bicyclic) bond motifs is 1. The van der Waals surface area contributed by atoms with E-state index in [-0.39, 0.29) is 24.0 Å². The zero-order valence-corrected chi connectivity index (χ0v) is 19.3. The highest BCUT2D eigenvalue weighted by Gasteiger charge is 2.07. The number of aromatic nitrogens is 1. The van der Waals surface area contributed by atoms with Crippen molar-refractivity contribution >= 4 is 40.8 Å². The number of aromatic amines is 1. The van der Waals surface area contributed by atoms with Gasteiger partial charge in [0.05, 0.1) is 13.2 Å². The fourth-order valence-electron chi connectivity index (χ4n) is 3.54. The van der Waals surface area contributed by atoms with Gasteiger partial charge in [-0.2, -0.15) is 0 Å². The molecule has 0 atom stereocenters. The molecule has 0 bridgehead atoms. The summed E-state index contributed by atoms with van der Waals surface area (Å²) in [6, 6.07) is 6.55. The lowest BCUT2D eigenvalue weighted by molar-refractivity contribution is 0.153. The SMILES string of the molecule is CCNC(=NCCc1c[nH]c2c(CC)cccc12)NCCC1=CCOCC1.I. The molecule has 2 aromatic rings. The Kier molecular flexibility index (Phi) is 9.84. The Morgan fingerprint density at radius 1 is 1.18 bits per heavy atom. The summed E-state index contributed by atoms with van der Waals surface area (Å²) in [5, 5.41) is 8.12. The number of halogens is 1. The van der Waals surface area contributed by atoms with Gasteiger partial charge >= 0.3 is 0 Å². The first kappa shape index (κ1) is 22.7. The molecule has 0 unspecified atom stereocenters. The van der Waals surface area contributed by atoms with Crippen LogP contribution >= 0.6 is 24.0 Å². The van der Waals surface area contributed by atoms with Crippen molar-refractivity contribution in [1.82, 2.24) is 15.6 Å². The number of benzene rings is 1. The van der Waals surface area contributed by atoms with Crippen LogP contribution in [-0.4, -0.2) is 43.8 Å². The Labute approximate surface area is 185 Å². The van der Waals surface area contributed by atoms with E-state index >= 15 is 0 Å². The van der Waals surface area contributed by atoms with Gasteiger partial charge in [-0.05, 0) is 43.7 Å². The molecule has 0 saturated heterocycles. The molecule has 0 amide bonds. The minimum absolute atomic E-state index is 0. The summed E-state index contributed by atoms with van der Waals surface area (Å²) in [4.78, 5) is 8.20. The van der Waals surface area contributed by atoms with Crippen LogP contribution in [-0.2, 0) is 17.6 Å². The minimum atomic E-state index is 0. The number of aliphatic imine (C=N–C) groups is 1. The number of H-pyrrole nitrogens is 1. The van der Waals surface area contributed by atoms with Crippen molar-refractivity contribution in [3.8, 4) is 0 Å². The average molecular weight is 496 g/mol. The van der Waals surface area contributed by atoms with Gasteiger partial charge in [0, 0.05) is 36.7 Å². The van der Waals surface area contributed by atoms with Crippen LogP contribution in [0.5, 0.6) is 0 Å². The Bertz CT molecular complexity index is 797. The number of nitrogens with zero attached hydrogens (tertiary/aromatic N) is 1. The second-order valence-electron chi connectivity index (χ2n) is 6.88. The van der Waals surface area contributed by atoms with Crippen LogP contribution in [0.15, 0.2) is 41.0 Å². The molecule has 6 heteroatoms. The van der Waals surface area contributed by atoms with Gasteiger partial charge in [-0.3, -0.25) is 4.99 Å². The molecule has 1 aliphatic heterocycles. The lowest BCUT2D eigenvalue weighted by atomic mass is 10.1. The fourth-order valence-corrected chi connectivity index (χ4v) is 3.54. The Morgan fingerprint density at radius 2 is 2.07 bits per heavy atom. The number of ether oxygens (including phenoxy) is 1. The van der Waals surface area contributed by atoms with E-state index in [9.17, 15) is 0 Å². The fraction of sp³-hybridized carbons (Fsp3) is 0.500. The van der Waals surface area contributed by atoms with Crippen LogP contribution in [0.2, 0.25) is 0 Å². The van der Waals surface area contributed by atoms with Gasteiger partial charge in [0.1, 0.15) is 0 Å². The van der Waals surface area contributed by atoms with E-state index in [0.29, 0.717) is 0 Å². The van der Waals surface area contributed by atoms with Crippen LogP contribution in [0.4, 0.5) is 0 Å². The Balaban J connectivity index is 0.00000280. The number of hydrogen-bond donors (Lipinski definition) is 3. The van der Waals surface area contributed by atoms with Gasteiger partial charge in [-0.25, -0.2) is 0 Å². The van der Waals surface area contributed by atoms with Crippen LogP contribution in [0.3, 0.4) is 0 Å². The molecule has 1 aromatic heterocycles. The number of para-hydroxylation sites is 1. The van der Waals surface area contributed by atoms with Crippen molar-refractivity contribution in [1.29, 1.82) is 0 Å². The summed E-state index contributed by atoms with van der Waals surface area (Å²) in [5.41, 5.74) is 5.47. The number of nitrogens with one attached hydrogen (secondary N) is 3. The second kappa shape index (κ2) is 12.1. The molecule has 3 N–H and O–H groups in total. The van der Waals surface area contributed by atoms with Gasteiger partial charge in [0.2, 0.25) is 0 Å². The zero-order chi connectivity index (χ0) is 18.9. The van der Waals surface area contributed by atoms with E-state index in [1.807, 2.05) is 0 Å². The molecule has 5 nitrogen and oxygen atoms in total. The smallest absolute Gasteiger partial charge is 0.191 e. The third-order valence-corrected chi connectivity index (χ3v) is 5.06. The van der Waals surface area contributed by atoms with Crippen molar-refractivity contribution < 1.29 is 4.74 Å². The van der Waals surface area contributed by atoms with Gasteiger partial charge in [0.25, 0.3) is 0 Å². The molecule has 3 rings (SSSR count). The molecule has 0 aliphatic carbocycles. The first-order chi connectivity index (χ1) is 13.3. The molecule has 28 heavy (non-hydrogen) atoms. The van der Waals surface area contributed by atoms with E-state index in [1.54, 1.807) is 0 Å². The molecular formula is C22H33IN4O. The van der Waals surface area contributed by atoms with Crippen LogP contribution in [0.25, 0.3) is 10.9 Å². The van der Waals surface area contributed by atoms with Crippen LogP contribution in [0.1, 0.15) is 37.8 Å². The highest BCUT2D eigenvalue weighted by molar-refractivity contribution is 14.0. The molecular weight excluding hydrogens is 463 g/mol. The summed E-state index contributed by atoms with van der Waals surface area (Å²) >= 11 is 0. The topological polar surface area (TPSA) is 61.4 Å². The third-order valence-electron chi connectivity index (χ3n) is 5.06. The Hall–Kier alpha value is -1.54. The van der Waals surface area contributed by atoms with Gasteiger partial charge < -0.3 is 20.4 Å². The van der Waals surface area contributed by atoms with Crippen LogP contribution < -0.4 is 10.6 Å². The van der Waals surface area contributed by atoms with E-state index in [1.165, 1.54) is 27.6 Å². The van der Waals surface area contributed by atoms with E-state index in [0.717, 1.165) is 64.5 Å². The summed E-state index contributed by atoms with van der Waals surface area (Å²) in [5.74, 6) is 0.902. The van der Waals surface area contributed by atoms with Crippen molar-refractivity contribution in [3.05, 3.63) is 47.2 Å². The number of guanidine groups is 1. The van der Waals surface area contributed by atoms with Crippen molar-refractivity contribution in [2.45, 2.75) is 39.5 Å². The Morgan fingerprint density at radius 3 is 2.82 bits per heavy atom. The average Bonchev–Trinajstić information content (AvgIpc) is 3.12. The standard InChI is InChI=1S/C22H32N4O.HI/c1-3-18-6-5-7-20-19(16-26-21(18)20)9-13-25-22(23-4-2)24-12-8-17-10-14-27-15-11-17;/h5-7,10,16,26H,3-4,8-9,11-15H2,1-2H3,(H2,23,24,25);1H. The summed E-state index contributed by atoms with van der Waals surface area (Å²) in [7, 11) is 0. The lowest BCUT2D eigenvalue weighted by Gasteiger charge is -2.15. The number of rotatable bonds is 8. The van der Waals surface area contributed by atoms with E-state index in [2.05, 4.69) is 59.9 Å². The first-order valence-electron chi connectivity index (χ1n) is 10.2. The van der Waals surface area contributed by atoms with Crippen molar-refractivity contribution in [2.24, 2.45) is 4.99 Å². The van der Waals surface area contributed by atoms with Crippen molar-refractivity contribution in [2.75, 3.05) is 32.8 Å². The minimum Gasteiger partial charge on any atom is -0.377 e. The quantitative estimate of drug-likeness (QED) is 0.223. The maximum absolute atomic E-state index is 5.36. The van der Waals surface area contributed by atoms with Gasteiger partial charge in [-0.15, -0.1) is 24.0 Å². The highest BCUT2D eigenvalue weighted by Crippen LogP contribution is 2.22. The summed E-state index contributed by atoms with van der Waals surface area (Å²) < 4.78 is 5.36. The monoisotopic (exact) mass is 496 g/mol. The number of hydrogen-bond acceptors (Lipinski definition) is 2. The maximum Gasteiger partial charge on any atom is 0.191 e. The van der Waals surface area contributed by atoms with Crippen LogP contribution in [0, 0.1) is 0 Å². The predicted octanol–water partition coefficient (Wildman–Crippen LogP) is 4.18. The molecule has 0 spiro atoms. The molecule has 1 aliphatic rings. The molecule has 2 heterocycles. The molecule has 0 saturated carbocycles. The normalized spacial score (nSPS) is 14.5. The molecule has 0 fully saturated rings. The third kappa shape index (κ3) is 6.24. The summed E-state index contributed by atoms with van der Waals surface area (Å²) in [6.07, 6.45) is 8.43. The van der Waals surface area contributed by atoms with Gasteiger partial charge in [-0.1, -0.05) is 36.8 Å². The van der Waals surface area contributed by atoms with E-state index < -0.39 is 0 Å². The summed E-state index contributed by atoms with van der Waals surface area (Å²) in [6.45, 7) is 8.46.